The molecule has 0 radical (unpaired) electrons. The number of carboxylic acids is 1. The van der Waals surface area contributed by atoms with Crippen molar-refractivity contribution in [1.82, 2.24) is 5.32 Å². The number of benzene rings is 3. The predicted molar refractivity (Wildman–Crippen MR) is 158 cm³/mol. The van der Waals surface area contributed by atoms with Crippen LogP contribution in [-0.4, -0.2) is 53.9 Å². The molecule has 11 heteroatoms. The third-order valence-corrected chi connectivity index (χ3v) is 7.02. The number of carbonyl (C=O) groups is 2. The molecule has 2 N–H and O–H groups in total. The van der Waals surface area contributed by atoms with Gasteiger partial charge >= 0.3 is 24.8 Å². The molecule has 0 fully saturated rings. The first-order valence-corrected chi connectivity index (χ1v) is 14.1. The molecule has 1 atom stereocenters. The van der Waals surface area contributed by atoms with Gasteiger partial charge in [-0.15, -0.1) is 0 Å². The Balaban J connectivity index is 0.00000462. The van der Waals surface area contributed by atoms with Crippen LogP contribution in [0.5, 0.6) is 0 Å². The number of halogens is 3. The van der Waals surface area contributed by atoms with Crippen LogP contribution in [0, 0.1) is 11.6 Å². The quantitative estimate of drug-likeness (QED) is 0.181. The summed E-state index contributed by atoms with van der Waals surface area (Å²) in [7, 11) is 0. The van der Waals surface area contributed by atoms with Gasteiger partial charge in [0, 0.05) is 16.7 Å². The van der Waals surface area contributed by atoms with Crippen LogP contribution in [0.1, 0.15) is 28.1 Å². The topological polar surface area (TPSA) is 88.8 Å². The van der Waals surface area contributed by atoms with Crippen molar-refractivity contribution in [3.8, 4) is 22.5 Å². The Bertz CT molecular complexity index is 1500. The normalized spacial score (nSPS) is 11.5. The summed E-state index contributed by atoms with van der Waals surface area (Å²) >= 11 is 7.81. The van der Waals surface area contributed by atoms with Crippen molar-refractivity contribution < 1.29 is 32.6 Å². The monoisotopic (exact) mass is 593 g/mol. The van der Waals surface area contributed by atoms with Gasteiger partial charge in [-0.1, -0.05) is 17.7 Å². The minimum absolute atomic E-state index is 0. The molecular weight excluding hydrogens is 567 g/mol. The molecular formula is C30H27ClF2LiNO5S. The molecule has 0 aliphatic rings. The fourth-order valence-corrected chi connectivity index (χ4v) is 4.77. The fraction of sp³-hybridized carbons (Fsp3) is 0.200. The molecule has 0 bridgehead atoms. The number of carbonyl (C=O) groups excluding carboxylic acids is 1. The zero-order valence-electron chi connectivity index (χ0n) is 21.5. The summed E-state index contributed by atoms with van der Waals surface area (Å²) in [4.78, 5) is 24.9. The molecule has 4 aromatic rings. The number of thioether (sulfide) groups is 1. The Hall–Kier alpha value is -3.06. The number of carboxylic acid groups (broad SMARTS) is 1. The summed E-state index contributed by atoms with van der Waals surface area (Å²) in [6.45, 7) is 0.317. The SMILES string of the molecule is CSCCC(NC(=O)c1ccc(COCc2ccc(-c3ccc(F)cc3)o2)cc1-c1ccc(F)cc1Cl)C(=O)O.[LiH]. The van der Waals surface area contributed by atoms with Gasteiger partial charge in [0.2, 0.25) is 0 Å². The van der Waals surface area contributed by atoms with E-state index >= 15 is 0 Å². The summed E-state index contributed by atoms with van der Waals surface area (Å²) in [5.41, 5.74) is 2.47. The van der Waals surface area contributed by atoms with Crippen molar-refractivity contribution in [2.45, 2.75) is 25.7 Å². The van der Waals surface area contributed by atoms with Crippen LogP contribution in [0.2, 0.25) is 5.02 Å². The van der Waals surface area contributed by atoms with Gasteiger partial charge in [-0.3, -0.25) is 4.79 Å². The third kappa shape index (κ3) is 8.71. The van der Waals surface area contributed by atoms with Crippen LogP contribution in [0.25, 0.3) is 22.5 Å². The van der Waals surface area contributed by atoms with E-state index in [0.717, 1.165) is 11.6 Å². The van der Waals surface area contributed by atoms with Gasteiger partial charge in [-0.25, -0.2) is 13.6 Å². The van der Waals surface area contributed by atoms with Gasteiger partial charge in [0.1, 0.15) is 35.8 Å². The number of rotatable bonds is 12. The van der Waals surface area contributed by atoms with E-state index in [2.05, 4.69) is 5.32 Å². The molecule has 1 amide bonds. The Kier molecular flexibility index (Phi) is 12.1. The second-order valence-electron chi connectivity index (χ2n) is 8.92. The number of hydrogen-bond donors (Lipinski definition) is 2. The number of furan rings is 1. The van der Waals surface area contributed by atoms with Crippen molar-refractivity contribution in [2.24, 2.45) is 0 Å². The zero-order valence-corrected chi connectivity index (χ0v) is 23.0. The summed E-state index contributed by atoms with van der Waals surface area (Å²) in [6.07, 6.45) is 2.11. The number of amides is 1. The maximum absolute atomic E-state index is 13.8. The second-order valence-corrected chi connectivity index (χ2v) is 10.3. The van der Waals surface area contributed by atoms with E-state index in [4.69, 9.17) is 20.8 Å². The summed E-state index contributed by atoms with van der Waals surface area (Å²) < 4.78 is 38.6. The number of hydrogen-bond acceptors (Lipinski definition) is 5. The van der Waals surface area contributed by atoms with Gasteiger partial charge < -0.3 is 19.6 Å². The van der Waals surface area contributed by atoms with Crippen LogP contribution in [-0.2, 0) is 22.7 Å². The van der Waals surface area contributed by atoms with Crippen LogP contribution >= 0.6 is 23.4 Å². The van der Waals surface area contributed by atoms with Gasteiger partial charge in [-0.05, 0) is 96.3 Å². The van der Waals surface area contributed by atoms with Crippen molar-refractivity contribution in [3.63, 3.8) is 0 Å². The summed E-state index contributed by atoms with van der Waals surface area (Å²) in [6, 6.07) is 17.3. The van der Waals surface area contributed by atoms with Crippen molar-refractivity contribution in [1.29, 1.82) is 0 Å². The molecule has 0 saturated heterocycles. The van der Waals surface area contributed by atoms with Crippen LogP contribution in [0.3, 0.4) is 0 Å². The van der Waals surface area contributed by atoms with Crippen LogP contribution in [0.15, 0.2) is 77.2 Å². The Morgan fingerprint density at radius 2 is 1.71 bits per heavy atom. The van der Waals surface area contributed by atoms with Crippen LogP contribution < -0.4 is 5.32 Å². The minimum atomic E-state index is -1.13. The number of ether oxygens (including phenoxy) is 1. The summed E-state index contributed by atoms with van der Waals surface area (Å²) in [5.74, 6) is -0.858. The Morgan fingerprint density at radius 1 is 0.976 bits per heavy atom. The predicted octanol–water partition coefficient (Wildman–Crippen LogP) is 6.55. The van der Waals surface area contributed by atoms with E-state index in [9.17, 15) is 23.5 Å². The Morgan fingerprint density at radius 3 is 2.39 bits per heavy atom. The van der Waals surface area contributed by atoms with E-state index < -0.39 is 23.7 Å². The second kappa shape index (κ2) is 15.2. The molecule has 0 aliphatic heterocycles. The molecule has 1 aromatic heterocycles. The van der Waals surface area contributed by atoms with Crippen molar-refractivity contribution in [3.05, 3.63) is 106 Å². The van der Waals surface area contributed by atoms with Crippen molar-refractivity contribution >= 4 is 54.1 Å². The molecule has 0 saturated carbocycles. The first-order chi connectivity index (χ1) is 19.2. The molecule has 1 heterocycles. The van der Waals surface area contributed by atoms with E-state index in [-0.39, 0.29) is 54.9 Å². The van der Waals surface area contributed by atoms with E-state index in [1.165, 1.54) is 36.0 Å². The standard InChI is InChI=1S/C30H26ClF2NO5S.Li.H/c1-40-13-12-27(30(36)37)34-29(35)24-9-2-18(14-25(24)23-10-7-21(33)15-26(23)31)16-38-17-22-8-11-28(39-22)19-3-5-20(32)6-4-19;;/h2-11,14-15,27H,12-13,16-17H2,1H3,(H,34,35)(H,36,37);;. The number of nitrogens with one attached hydrogen (secondary N) is 1. The summed E-state index contributed by atoms with van der Waals surface area (Å²) in [5, 5.41) is 12.2. The molecule has 210 valence electrons. The van der Waals surface area contributed by atoms with Gasteiger partial charge in [0.15, 0.2) is 0 Å². The molecule has 6 nitrogen and oxygen atoms in total. The Labute approximate surface area is 257 Å². The van der Waals surface area contributed by atoms with Gasteiger partial charge in [0.25, 0.3) is 5.91 Å². The zero-order chi connectivity index (χ0) is 28.6. The average Bonchev–Trinajstić information content (AvgIpc) is 3.40. The van der Waals surface area contributed by atoms with Gasteiger partial charge in [-0.2, -0.15) is 11.8 Å². The first kappa shape index (κ1) is 32.5. The van der Waals surface area contributed by atoms with Crippen molar-refractivity contribution in [2.75, 3.05) is 12.0 Å². The maximum atomic E-state index is 13.8. The first-order valence-electron chi connectivity index (χ1n) is 12.3. The average molecular weight is 594 g/mol. The van der Waals surface area contributed by atoms with E-state index in [1.807, 2.05) is 6.26 Å². The molecule has 1 unspecified atom stereocenters. The van der Waals surface area contributed by atoms with Crippen LogP contribution in [0.4, 0.5) is 8.78 Å². The van der Waals surface area contributed by atoms with E-state index in [0.29, 0.717) is 34.0 Å². The fourth-order valence-electron chi connectivity index (χ4n) is 4.03. The van der Waals surface area contributed by atoms with E-state index in [1.54, 1.807) is 42.5 Å². The van der Waals surface area contributed by atoms with Gasteiger partial charge in [0.05, 0.1) is 11.6 Å². The molecule has 0 aliphatic carbocycles. The molecule has 0 spiro atoms. The molecule has 41 heavy (non-hydrogen) atoms. The number of aliphatic carboxylic acids is 1. The molecule has 3 aromatic carbocycles. The third-order valence-electron chi connectivity index (χ3n) is 6.07. The molecule has 4 rings (SSSR count).